The highest BCUT2D eigenvalue weighted by atomic mass is 32.2. The third-order valence-corrected chi connectivity index (χ3v) is 7.99. The van der Waals surface area contributed by atoms with Crippen LogP contribution in [-0.2, 0) is 9.53 Å². The smallest absolute Gasteiger partial charge is 0.364 e. The molecule has 0 bridgehead atoms. The van der Waals surface area contributed by atoms with Crippen LogP contribution in [0.1, 0.15) is 129 Å². The molecule has 3 atom stereocenters. The Kier molecular flexibility index (Phi) is 34.4. The second kappa shape index (κ2) is 33.4. The predicted molar refractivity (Wildman–Crippen MR) is 223 cm³/mol. The molecule has 2 heterocycles. The van der Waals surface area contributed by atoms with Crippen molar-refractivity contribution in [2.45, 2.75) is 135 Å². The highest BCUT2D eigenvalue weighted by Crippen LogP contribution is 2.34. The molecule has 6 nitrogen and oxygen atoms in total. The van der Waals surface area contributed by atoms with Gasteiger partial charge in [-0.1, -0.05) is 110 Å². The summed E-state index contributed by atoms with van der Waals surface area (Å²) in [7, 11) is 0. The third kappa shape index (κ3) is 23.6. The van der Waals surface area contributed by atoms with Crippen molar-refractivity contribution >= 4 is 23.0 Å². The fourth-order valence-electron chi connectivity index (χ4n) is 5.70. The Morgan fingerprint density at radius 2 is 1.74 bits per heavy atom. The van der Waals surface area contributed by atoms with Gasteiger partial charge in [0.05, 0.1) is 18.9 Å². The number of carboxylic acid groups (broad SMARTS) is 1. The van der Waals surface area contributed by atoms with Crippen molar-refractivity contribution in [2.24, 2.45) is 11.8 Å². The summed E-state index contributed by atoms with van der Waals surface area (Å²) >= 11 is 0.796. The summed E-state index contributed by atoms with van der Waals surface area (Å²) in [6, 6.07) is 0.372. The monoisotopic (exact) mass is 717 g/mol. The van der Waals surface area contributed by atoms with Crippen LogP contribution in [0.4, 0.5) is 4.79 Å². The number of thioether (sulfide) groups is 1. The first-order chi connectivity index (χ1) is 23.9. The SMILES string of the molecule is C=C/C=C(\C=C/CC)N(CCC)C(=O)CN1CC(C2=CC/C=C(\C)OCC/C(C)=C/2)CC1CC(C)C=C(C)C.CC.CC.CC.CSC(=O)O. The van der Waals surface area contributed by atoms with Gasteiger partial charge in [-0.25, -0.2) is 4.79 Å². The Hall–Kier alpha value is -2.77. The van der Waals surface area contributed by atoms with Gasteiger partial charge in [0.2, 0.25) is 5.91 Å². The highest BCUT2D eigenvalue weighted by molar-refractivity contribution is 8.12. The molecule has 2 rings (SSSR count). The zero-order valence-corrected chi connectivity index (χ0v) is 35.4. The van der Waals surface area contributed by atoms with Crippen molar-refractivity contribution in [3.8, 4) is 0 Å². The summed E-state index contributed by atoms with van der Waals surface area (Å²) < 4.78 is 5.83. The van der Waals surface area contributed by atoms with E-state index in [4.69, 9.17) is 9.84 Å². The lowest BCUT2D eigenvalue weighted by molar-refractivity contribution is -0.130. The second-order valence-corrected chi connectivity index (χ2v) is 12.7. The van der Waals surface area contributed by atoms with E-state index >= 15 is 0 Å². The minimum Gasteiger partial charge on any atom is -0.498 e. The predicted octanol–water partition coefficient (Wildman–Crippen LogP) is 12.6. The molecular weight excluding hydrogens is 641 g/mol. The molecule has 0 radical (unpaired) electrons. The van der Waals surface area contributed by atoms with Gasteiger partial charge < -0.3 is 14.7 Å². The van der Waals surface area contributed by atoms with E-state index in [1.54, 1.807) is 6.08 Å². The van der Waals surface area contributed by atoms with Crippen LogP contribution in [0.5, 0.6) is 0 Å². The lowest BCUT2D eigenvalue weighted by atomic mass is 9.90. The van der Waals surface area contributed by atoms with Gasteiger partial charge >= 0.3 is 5.30 Å². The third-order valence-electron chi connectivity index (χ3n) is 7.64. The topological polar surface area (TPSA) is 70.1 Å². The standard InChI is InChI=1S/C35H54N2O2.C2H4O2S.3C2H6/c1-9-12-17-33(14-10-2)37(19-11-3)35(38)26-36-25-32(24-34(36)23-29(7)21-27(4)5)31-16-13-15-30(8)39-20-18-28(6)22-31;1-5-2(3)4;3*1-2/h10,12,14-17,21-22,29,32,34H,2,9,11,13,18-20,23-26H2,1,3-8H3;1H3,(H,3,4);3*1-2H3/b17-12-,28-22+,30-15+,31-16?,33-14+;;;;. The Bertz CT molecular complexity index is 1110. The highest BCUT2D eigenvalue weighted by Gasteiger charge is 2.36. The molecule has 0 saturated carbocycles. The summed E-state index contributed by atoms with van der Waals surface area (Å²) in [4.78, 5) is 27.6. The van der Waals surface area contributed by atoms with E-state index in [9.17, 15) is 9.59 Å². The minimum atomic E-state index is -0.829. The lowest BCUT2D eigenvalue weighted by Gasteiger charge is -2.30. The molecule has 3 unspecified atom stereocenters. The Labute approximate surface area is 313 Å². The fraction of sp³-hybridized carbons (Fsp3) is 0.628. The van der Waals surface area contributed by atoms with E-state index in [0.717, 1.165) is 74.9 Å². The molecule has 0 aromatic carbocycles. The van der Waals surface area contributed by atoms with Crippen LogP contribution in [0.3, 0.4) is 0 Å². The number of nitrogens with zero attached hydrogens (tertiary/aromatic N) is 2. The molecule has 288 valence electrons. The first-order valence-corrected chi connectivity index (χ1v) is 20.3. The number of rotatable bonds is 12. The van der Waals surface area contributed by atoms with Crippen molar-refractivity contribution in [3.05, 3.63) is 83.4 Å². The molecule has 0 aromatic heterocycles. The molecular formula is C43H76N2O4S. The summed E-state index contributed by atoms with van der Waals surface area (Å²) in [5.41, 5.74) is 5.06. The van der Waals surface area contributed by atoms with E-state index in [0.29, 0.717) is 31.0 Å². The zero-order valence-electron chi connectivity index (χ0n) is 34.6. The maximum Gasteiger partial charge on any atom is 0.364 e. The molecule has 2 aliphatic rings. The number of allylic oxidation sites excluding steroid dienone is 10. The molecule has 1 N–H and O–H groups in total. The Morgan fingerprint density at radius 1 is 1.12 bits per heavy atom. The number of ether oxygens (including phenoxy) is 1. The average molecular weight is 717 g/mol. The van der Waals surface area contributed by atoms with Gasteiger partial charge in [0, 0.05) is 31.2 Å². The molecule has 1 saturated heterocycles. The van der Waals surface area contributed by atoms with Crippen LogP contribution in [0, 0.1) is 11.8 Å². The van der Waals surface area contributed by atoms with E-state index in [1.807, 2.05) is 59.4 Å². The van der Waals surface area contributed by atoms with Crippen molar-refractivity contribution in [2.75, 3.05) is 32.5 Å². The van der Waals surface area contributed by atoms with Crippen molar-refractivity contribution in [3.63, 3.8) is 0 Å². The maximum atomic E-state index is 13.8. The van der Waals surface area contributed by atoms with Crippen molar-refractivity contribution in [1.29, 1.82) is 0 Å². The maximum absolute atomic E-state index is 13.8. The second-order valence-electron chi connectivity index (χ2n) is 12.0. The summed E-state index contributed by atoms with van der Waals surface area (Å²) in [6.07, 6.45) is 24.6. The zero-order chi connectivity index (χ0) is 39.1. The first-order valence-electron chi connectivity index (χ1n) is 19.1. The summed E-state index contributed by atoms with van der Waals surface area (Å²) in [5.74, 6) is 2.08. The number of carbonyl (C=O) groups is 2. The minimum absolute atomic E-state index is 0.175. The van der Waals surface area contributed by atoms with Crippen LogP contribution in [0.15, 0.2) is 83.4 Å². The number of likely N-dealkylation sites (tertiary alicyclic amines) is 1. The van der Waals surface area contributed by atoms with Gasteiger partial charge in [-0.2, -0.15) is 0 Å². The Balaban J connectivity index is -0.00000178. The lowest BCUT2D eigenvalue weighted by Crippen LogP contribution is -2.42. The normalized spacial score (nSPS) is 20.3. The van der Waals surface area contributed by atoms with Gasteiger partial charge in [0.25, 0.3) is 0 Å². The number of hydrogen-bond acceptors (Lipinski definition) is 5. The average Bonchev–Trinajstić information content (AvgIpc) is 3.48. The van der Waals surface area contributed by atoms with Crippen molar-refractivity contribution < 1.29 is 19.4 Å². The van der Waals surface area contributed by atoms with Crippen LogP contribution in [0.2, 0.25) is 0 Å². The van der Waals surface area contributed by atoms with Crippen LogP contribution < -0.4 is 0 Å². The Morgan fingerprint density at radius 3 is 2.26 bits per heavy atom. The number of hydrogen-bond donors (Lipinski definition) is 1. The summed E-state index contributed by atoms with van der Waals surface area (Å²) in [5, 5.41) is 6.86. The quantitative estimate of drug-likeness (QED) is 0.160. The van der Waals surface area contributed by atoms with Crippen LogP contribution >= 0.6 is 11.8 Å². The van der Waals surface area contributed by atoms with Gasteiger partial charge in [0.15, 0.2) is 0 Å². The molecule has 7 heteroatoms. The summed E-state index contributed by atoms with van der Waals surface area (Å²) in [6.45, 7) is 33.9. The molecule has 1 fully saturated rings. The fourth-order valence-corrected chi connectivity index (χ4v) is 5.70. The van der Waals surface area contributed by atoms with Gasteiger partial charge in [-0.3, -0.25) is 9.69 Å². The number of carbonyl (C=O) groups excluding carboxylic acids is 1. The van der Waals surface area contributed by atoms with Crippen LogP contribution in [-0.4, -0.2) is 64.7 Å². The molecule has 1 amide bonds. The molecule has 50 heavy (non-hydrogen) atoms. The largest absolute Gasteiger partial charge is 0.498 e. The molecule has 0 spiro atoms. The number of amides is 1. The van der Waals surface area contributed by atoms with Gasteiger partial charge in [0.1, 0.15) is 0 Å². The molecule has 2 aliphatic heterocycles. The van der Waals surface area contributed by atoms with Gasteiger partial charge in [-0.05, 0) is 113 Å². The molecule has 0 aliphatic carbocycles. The van der Waals surface area contributed by atoms with Crippen LogP contribution in [0.25, 0.3) is 0 Å². The van der Waals surface area contributed by atoms with Gasteiger partial charge in [-0.15, -0.1) is 0 Å². The van der Waals surface area contributed by atoms with E-state index in [1.165, 1.54) is 23.0 Å². The van der Waals surface area contributed by atoms with Crippen molar-refractivity contribution in [1.82, 2.24) is 9.80 Å². The molecule has 0 aromatic rings. The van der Waals surface area contributed by atoms with E-state index in [-0.39, 0.29) is 5.91 Å². The van der Waals surface area contributed by atoms with E-state index < -0.39 is 5.30 Å². The van der Waals surface area contributed by atoms with E-state index in [2.05, 4.69) is 89.5 Å². The first kappa shape index (κ1) is 51.6.